The molecule has 2 aromatic heterocycles. The lowest BCUT2D eigenvalue weighted by Crippen LogP contribution is -2.16. The van der Waals surface area contributed by atoms with Crippen LogP contribution >= 0.6 is 23.2 Å². The van der Waals surface area contributed by atoms with Crippen LogP contribution in [-0.4, -0.2) is 31.6 Å². The van der Waals surface area contributed by atoms with Crippen LogP contribution in [0.1, 0.15) is 26.4 Å². The van der Waals surface area contributed by atoms with Crippen molar-refractivity contribution in [2.45, 2.75) is 6.92 Å². The monoisotopic (exact) mass is 455 g/mol. The number of imidazole rings is 1. The summed E-state index contributed by atoms with van der Waals surface area (Å²) in [6, 6.07) is 12.8. The molecule has 0 aliphatic heterocycles. The Morgan fingerprint density at radius 2 is 1.71 bits per heavy atom. The fourth-order valence-electron chi connectivity index (χ4n) is 2.88. The molecule has 0 saturated carbocycles. The molecular formula is C21H15Cl2N5O3. The van der Waals surface area contributed by atoms with Gasteiger partial charge >= 0.3 is 5.97 Å². The topological polar surface area (TPSA) is 109 Å². The molecule has 4 aromatic rings. The standard InChI is InChI=1S/C21H15Cl2N5O3/c1-11-8-18-24-10-17(20(29)26-13-4-2-12(3-5-13)21(30)31)28(18)27-19(11)25-14-6-7-15(22)16(23)9-14/h2-10H,1H3,(H,25,27)(H,26,29)(H,30,31). The van der Waals surface area contributed by atoms with Crippen LogP contribution in [0.5, 0.6) is 0 Å². The van der Waals surface area contributed by atoms with Gasteiger partial charge in [-0.1, -0.05) is 23.2 Å². The van der Waals surface area contributed by atoms with Crippen molar-refractivity contribution >= 4 is 57.9 Å². The van der Waals surface area contributed by atoms with Crippen LogP contribution in [0.25, 0.3) is 5.65 Å². The van der Waals surface area contributed by atoms with Crippen LogP contribution in [0, 0.1) is 6.92 Å². The quantitative estimate of drug-likeness (QED) is 0.388. The largest absolute Gasteiger partial charge is 0.478 e. The number of nitrogens with zero attached hydrogens (tertiary/aromatic N) is 3. The number of hydrogen-bond donors (Lipinski definition) is 3. The van der Waals surface area contributed by atoms with E-state index in [-0.39, 0.29) is 11.3 Å². The maximum Gasteiger partial charge on any atom is 0.335 e. The van der Waals surface area contributed by atoms with Crippen molar-refractivity contribution in [1.82, 2.24) is 14.6 Å². The molecule has 3 N–H and O–H groups in total. The molecule has 0 unspecified atom stereocenters. The van der Waals surface area contributed by atoms with Crippen LogP contribution in [0.15, 0.2) is 54.7 Å². The van der Waals surface area contributed by atoms with Gasteiger partial charge in [0.2, 0.25) is 0 Å². The fraction of sp³-hybridized carbons (Fsp3) is 0.0476. The van der Waals surface area contributed by atoms with Gasteiger partial charge in [0.05, 0.1) is 21.8 Å². The fourth-order valence-corrected chi connectivity index (χ4v) is 3.18. The number of aromatic carboxylic acids is 1. The van der Waals surface area contributed by atoms with Gasteiger partial charge < -0.3 is 15.7 Å². The number of hydrogen-bond acceptors (Lipinski definition) is 5. The number of amides is 1. The number of carboxylic acids is 1. The number of fused-ring (bicyclic) bond motifs is 1. The third kappa shape index (κ3) is 4.30. The first-order valence-electron chi connectivity index (χ1n) is 9.04. The molecule has 0 aliphatic rings. The smallest absolute Gasteiger partial charge is 0.335 e. The summed E-state index contributed by atoms with van der Waals surface area (Å²) in [5, 5.41) is 20.2. The Labute approximate surface area is 186 Å². The third-order valence-corrected chi connectivity index (χ3v) is 5.23. The Bertz CT molecular complexity index is 1320. The molecule has 156 valence electrons. The number of halogens is 2. The van der Waals surface area contributed by atoms with Gasteiger partial charge in [-0.3, -0.25) is 4.79 Å². The van der Waals surface area contributed by atoms with E-state index in [1.54, 1.807) is 24.3 Å². The first-order valence-corrected chi connectivity index (χ1v) is 9.79. The second-order valence-corrected chi connectivity index (χ2v) is 7.49. The molecule has 31 heavy (non-hydrogen) atoms. The predicted octanol–water partition coefficient (Wildman–Crippen LogP) is 5.04. The van der Waals surface area contributed by atoms with Crippen LogP contribution in [0.4, 0.5) is 17.2 Å². The van der Waals surface area contributed by atoms with Crippen molar-refractivity contribution in [3.05, 3.63) is 81.6 Å². The summed E-state index contributed by atoms with van der Waals surface area (Å²) in [7, 11) is 0. The summed E-state index contributed by atoms with van der Waals surface area (Å²) in [5.74, 6) is -0.961. The molecule has 0 spiro atoms. The van der Waals surface area contributed by atoms with Gasteiger partial charge in [-0.15, -0.1) is 5.10 Å². The van der Waals surface area contributed by atoms with Crippen molar-refractivity contribution in [3.8, 4) is 0 Å². The molecule has 8 nitrogen and oxygen atoms in total. The minimum Gasteiger partial charge on any atom is -0.478 e. The SMILES string of the molecule is Cc1cc2ncc(C(=O)Nc3ccc(C(=O)O)cc3)n2nc1Nc1ccc(Cl)c(Cl)c1. The van der Waals surface area contributed by atoms with Crippen LogP contribution in [-0.2, 0) is 0 Å². The summed E-state index contributed by atoms with van der Waals surface area (Å²) >= 11 is 12.0. The Morgan fingerprint density at radius 3 is 2.39 bits per heavy atom. The lowest BCUT2D eigenvalue weighted by Gasteiger charge is -2.11. The average Bonchev–Trinajstić information content (AvgIpc) is 3.14. The second kappa shape index (κ2) is 8.25. The highest BCUT2D eigenvalue weighted by Gasteiger charge is 2.16. The minimum atomic E-state index is -1.04. The molecule has 0 aliphatic carbocycles. The number of aryl methyl sites for hydroxylation is 1. The van der Waals surface area contributed by atoms with Gasteiger partial charge in [-0.05, 0) is 61.0 Å². The van der Waals surface area contributed by atoms with Gasteiger partial charge in [0.1, 0.15) is 0 Å². The van der Waals surface area contributed by atoms with Gasteiger partial charge in [0.25, 0.3) is 5.91 Å². The number of benzene rings is 2. The maximum absolute atomic E-state index is 12.8. The van der Waals surface area contributed by atoms with Crippen molar-refractivity contribution in [2.24, 2.45) is 0 Å². The van der Waals surface area contributed by atoms with Crippen molar-refractivity contribution < 1.29 is 14.7 Å². The number of anilines is 3. The number of rotatable bonds is 5. The van der Waals surface area contributed by atoms with Crippen LogP contribution in [0.3, 0.4) is 0 Å². The van der Waals surface area contributed by atoms with E-state index in [9.17, 15) is 9.59 Å². The molecule has 0 radical (unpaired) electrons. The van der Waals surface area contributed by atoms with Crippen molar-refractivity contribution in [2.75, 3.05) is 10.6 Å². The molecule has 2 heterocycles. The Hall–Kier alpha value is -3.62. The van der Waals surface area contributed by atoms with E-state index in [0.717, 1.165) is 5.56 Å². The number of carboxylic acid groups (broad SMARTS) is 1. The van der Waals surface area contributed by atoms with Gasteiger partial charge in [0, 0.05) is 11.4 Å². The molecule has 0 atom stereocenters. The van der Waals surface area contributed by atoms with E-state index >= 15 is 0 Å². The summed E-state index contributed by atoms with van der Waals surface area (Å²) < 4.78 is 1.42. The van der Waals surface area contributed by atoms with Gasteiger partial charge in [-0.25, -0.2) is 14.3 Å². The zero-order chi connectivity index (χ0) is 22.1. The summed E-state index contributed by atoms with van der Waals surface area (Å²) in [6.45, 7) is 1.87. The molecular weight excluding hydrogens is 441 g/mol. The first kappa shape index (κ1) is 20.6. The van der Waals surface area contributed by atoms with E-state index < -0.39 is 11.9 Å². The zero-order valence-electron chi connectivity index (χ0n) is 16.1. The summed E-state index contributed by atoms with van der Waals surface area (Å²) in [4.78, 5) is 28.0. The minimum absolute atomic E-state index is 0.128. The number of carbonyl (C=O) groups is 2. The summed E-state index contributed by atoms with van der Waals surface area (Å²) in [5.41, 5.74) is 2.81. The lowest BCUT2D eigenvalue weighted by molar-refractivity contribution is 0.0696. The van der Waals surface area contributed by atoms with E-state index in [0.29, 0.717) is 32.9 Å². The molecule has 0 fully saturated rings. The highest BCUT2D eigenvalue weighted by atomic mass is 35.5. The Balaban J connectivity index is 1.62. The lowest BCUT2D eigenvalue weighted by atomic mass is 10.2. The van der Waals surface area contributed by atoms with Crippen molar-refractivity contribution in [1.29, 1.82) is 0 Å². The van der Waals surface area contributed by atoms with Gasteiger partial charge in [-0.2, -0.15) is 0 Å². The van der Waals surface area contributed by atoms with Gasteiger partial charge in [0.15, 0.2) is 17.2 Å². The van der Waals surface area contributed by atoms with Crippen molar-refractivity contribution in [3.63, 3.8) is 0 Å². The Kier molecular flexibility index (Phi) is 5.50. The van der Waals surface area contributed by atoms with E-state index in [1.807, 2.05) is 6.92 Å². The highest BCUT2D eigenvalue weighted by Crippen LogP contribution is 2.27. The maximum atomic E-state index is 12.8. The van der Waals surface area contributed by atoms with E-state index in [2.05, 4.69) is 20.7 Å². The second-order valence-electron chi connectivity index (χ2n) is 6.68. The normalized spacial score (nSPS) is 10.8. The van der Waals surface area contributed by atoms with E-state index in [1.165, 1.54) is 35.0 Å². The highest BCUT2D eigenvalue weighted by molar-refractivity contribution is 6.42. The Morgan fingerprint density at radius 1 is 1.00 bits per heavy atom. The number of aromatic nitrogens is 3. The average molecular weight is 456 g/mol. The molecule has 0 bridgehead atoms. The molecule has 10 heteroatoms. The van der Waals surface area contributed by atoms with Crippen LogP contribution < -0.4 is 10.6 Å². The number of carbonyl (C=O) groups excluding carboxylic acids is 1. The molecule has 2 aromatic carbocycles. The third-order valence-electron chi connectivity index (χ3n) is 4.49. The molecule has 4 rings (SSSR count). The van der Waals surface area contributed by atoms with E-state index in [4.69, 9.17) is 28.3 Å². The van der Waals surface area contributed by atoms with Crippen LogP contribution in [0.2, 0.25) is 10.0 Å². The summed E-state index contributed by atoms with van der Waals surface area (Å²) in [6.07, 6.45) is 1.42. The zero-order valence-corrected chi connectivity index (χ0v) is 17.6. The first-order chi connectivity index (χ1) is 14.8. The number of nitrogens with one attached hydrogen (secondary N) is 2. The molecule has 1 amide bonds. The molecule has 0 saturated heterocycles. The predicted molar refractivity (Wildman–Crippen MR) is 119 cm³/mol.